The molecule has 0 bridgehead atoms. The van der Waals surface area contributed by atoms with Gasteiger partial charge in [-0.05, 0) is 58.0 Å². The zero-order valence-corrected chi connectivity index (χ0v) is 15.0. The third-order valence-corrected chi connectivity index (χ3v) is 4.39. The van der Waals surface area contributed by atoms with E-state index in [-0.39, 0.29) is 0 Å². The molecule has 0 amide bonds. The molecule has 0 N–H and O–H groups in total. The lowest BCUT2D eigenvalue weighted by Crippen LogP contribution is -2.16. The van der Waals surface area contributed by atoms with Crippen LogP contribution in [0.15, 0.2) is 29.2 Å². The highest BCUT2D eigenvalue weighted by atomic mass is 32.2. The van der Waals surface area contributed by atoms with Gasteiger partial charge in [-0.2, -0.15) is 4.68 Å². The van der Waals surface area contributed by atoms with E-state index >= 15 is 0 Å². The van der Waals surface area contributed by atoms with Crippen molar-refractivity contribution in [3.05, 3.63) is 41.5 Å². The lowest BCUT2D eigenvalue weighted by Gasteiger charge is -2.12. The molecule has 0 saturated carbocycles. The molecular weight excluding hydrogens is 306 g/mol. The van der Waals surface area contributed by atoms with Crippen LogP contribution in [0.5, 0.6) is 0 Å². The topological polar surface area (TPSA) is 46.8 Å². The van der Waals surface area contributed by atoms with Crippen LogP contribution in [0.2, 0.25) is 0 Å². The average Bonchev–Trinajstić information content (AvgIpc) is 2.86. The second-order valence-electron chi connectivity index (χ2n) is 5.91. The van der Waals surface area contributed by atoms with Crippen LogP contribution in [0, 0.1) is 13.8 Å². The van der Waals surface area contributed by atoms with Crippen LogP contribution in [0.1, 0.15) is 17.2 Å². The molecule has 23 heavy (non-hydrogen) atoms. The SMILES string of the molecule is CSc1ccc2c(C)cc(-n3nc(C)nc3CN(C)C)nc2c1. The van der Waals surface area contributed by atoms with Gasteiger partial charge in [-0.1, -0.05) is 6.07 Å². The summed E-state index contributed by atoms with van der Waals surface area (Å²) >= 11 is 1.73. The first-order valence-electron chi connectivity index (χ1n) is 7.51. The Bertz CT molecular complexity index is 854. The van der Waals surface area contributed by atoms with Crippen molar-refractivity contribution in [2.24, 2.45) is 0 Å². The highest BCUT2D eigenvalue weighted by Crippen LogP contribution is 2.25. The molecule has 0 aliphatic rings. The minimum absolute atomic E-state index is 0.727. The summed E-state index contributed by atoms with van der Waals surface area (Å²) < 4.78 is 1.85. The van der Waals surface area contributed by atoms with E-state index < -0.39 is 0 Å². The molecule has 120 valence electrons. The first-order chi connectivity index (χ1) is 11.0. The van der Waals surface area contributed by atoms with Gasteiger partial charge >= 0.3 is 0 Å². The molecule has 0 spiro atoms. The molecule has 0 radical (unpaired) electrons. The Hall–Kier alpha value is -1.92. The summed E-state index contributed by atoms with van der Waals surface area (Å²) in [6, 6.07) is 8.49. The summed E-state index contributed by atoms with van der Waals surface area (Å²) in [4.78, 5) is 12.7. The van der Waals surface area contributed by atoms with Crippen LogP contribution in [0.4, 0.5) is 0 Å². The molecule has 1 aromatic carbocycles. The summed E-state index contributed by atoms with van der Waals surface area (Å²) in [5, 5.41) is 5.71. The Morgan fingerprint density at radius 1 is 1.13 bits per heavy atom. The van der Waals surface area contributed by atoms with E-state index in [9.17, 15) is 0 Å². The van der Waals surface area contributed by atoms with Crippen LogP contribution in [-0.2, 0) is 6.54 Å². The Balaban J connectivity index is 2.16. The molecule has 2 aromatic heterocycles. The van der Waals surface area contributed by atoms with Gasteiger partial charge < -0.3 is 4.90 Å². The van der Waals surface area contributed by atoms with Crippen molar-refractivity contribution >= 4 is 22.7 Å². The number of aryl methyl sites for hydroxylation is 2. The standard InChI is InChI=1S/C17H21N5S/c1-11-8-16(19-15-9-13(23-5)6-7-14(11)15)22-17(10-21(3)4)18-12(2)20-22/h6-9H,10H2,1-5H3. The molecule has 6 heteroatoms. The fourth-order valence-electron chi connectivity index (χ4n) is 2.63. The van der Waals surface area contributed by atoms with Crippen LogP contribution < -0.4 is 0 Å². The van der Waals surface area contributed by atoms with Crippen LogP contribution in [0.25, 0.3) is 16.7 Å². The van der Waals surface area contributed by atoms with E-state index in [1.54, 1.807) is 11.8 Å². The highest BCUT2D eigenvalue weighted by molar-refractivity contribution is 7.98. The van der Waals surface area contributed by atoms with Gasteiger partial charge in [0.15, 0.2) is 5.82 Å². The monoisotopic (exact) mass is 327 g/mol. The van der Waals surface area contributed by atoms with Crippen molar-refractivity contribution < 1.29 is 0 Å². The van der Waals surface area contributed by atoms with Crippen LogP contribution in [-0.4, -0.2) is 45.0 Å². The first-order valence-corrected chi connectivity index (χ1v) is 8.73. The maximum absolute atomic E-state index is 4.82. The molecule has 0 unspecified atom stereocenters. The van der Waals surface area contributed by atoms with Gasteiger partial charge in [0.25, 0.3) is 0 Å². The number of rotatable bonds is 4. The Kier molecular flexibility index (Phi) is 4.37. The van der Waals surface area contributed by atoms with Crippen LogP contribution >= 0.6 is 11.8 Å². The van der Waals surface area contributed by atoms with E-state index in [4.69, 9.17) is 4.98 Å². The Morgan fingerprint density at radius 2 is 1.91 bits per heavy atom. The van der Waals surface area contributed by atoms with Crippen molar-refractivity contribution in [1.82, 2.24) is 24.6 Å². The number of hydrogen-bond acceptors (Lipinski definition) is 5. The van der Waals surface area contributed by atoms with E-state index in [1.807, 2.05) is 25.7 Å². The van der Waals surface area contributed by atoms with Gasteiger partial charge in [-0.25, -0.2) is 9.97 Å². The maximum Gasteiger partial charge on any atom is 0.156 e. The molecule has 0 fully saturated rings. The zero-order chi connectivity index (χ0) is 16.6. The minimum atomic E-state index is 0.727. The molecular formula is C17H21N5S. The van der Waals surface area contributed by atoms with E-state index in [2.05, 4.69) is 52.4 Å². The quantitative estimate of drug-likeness (QED) is 0.689. The van der Waals surface area contributed by atoms with Gasteiger partial charge in [-0.3, -0.25) is 0 Å². The van der Waals surface area contributed by atoms with Crippen molar-refractivity contribution in [1.29, 1.82) is 0 Å². The third kappa shape index (κ3) is 3.23. The van der Waals surface area contributed by atoms with Gasteiger partial charge in [0.2, 0.25) is 0 Å². The molecule has 0 atom stereocenters. The van der Waals surface area contributed by atoms with E-state index in [0.717, 1.165) is 29.5 Å². The normalized spacial score (nSPS) is 11.6. The molecule has 0 saturated heterocycles. The van der Waals surface area contributed by atoms with Crippen molar-refractivity contribution in [3.8, 4) is 5.82 Å². The molecule has 3 aromatic rings. The average molecular weight is 327 g/mol. The van der Waals surface area contributed by atoms with Gasteiger partial charge in [0.05, 0.1) is 12.1 Å². The zero-order valence-electron chi connectivity index (χ0n) is 14.2. The van der Waals surface area contributed by atoms with Crippen molar-refractivity contribution in [2.45, 2.75) is 25.3 Å². The second-order valence-corrected chi connectivity index (χ2v) is 6.78. The lowest BCUT2D eigenvalue weighted by molar-refractivity contribution is 0.385. The smallest absolute Gasteiger partial charge is 0.156 e. The molecule has 0 aliphatic carbocycles. The summed E-state index contributed by atoms with van der Waals surface area (Å²) in [6.07, 6.45) is 2.08. The van der Waals surface area contributed by atoms with E-state index in [0.29, 0.717) is 0 Å². The summed E-state index contributed by atoms with van der Waals surface area (Å²) in [5.41, 5.74) is 2.19. The van der Waals surface area contributed by atoms with Crippen molar-refractivity contribution in [3.63, 3.8) is 0 Å². The van der Waals surface area contributed by atoms with Gasteiger partial charge in [-0.15, -0.1) is 16.9 Å². The number of pyridine rings is 1. The summed E-state index contributed by atoms with van der Waals surface area (Å²) in [6.45, 7) is 4.75. The van der Waals surface area contributed by atoms with Crippen LogP contribution in [0.3, 0.4) is 0 Å². The lowest BCUT2D eigenvalue weighted by atomic mass is 10.1. The Morgan fingerprint density at radius 3 is 2.61 bits per heavy atom. The van der Waals surface area contributed by atoms with Crippen molar-refractivity contribution in [2.75, 3.05) is 20.4 Å². The Labute approximate surface area is 140 Å². The molecule has 2 heterocycles. The van der Waals surface area contributed by atoms with Gasteiger partial charge in [0.1, 0.15) is 11.6 Å². The number of nitrogens with zero attached hydrogens (tertiary/aromatic N) is 5. The highest BCUT2D eigenvalue weighted by Gasteiger charge is 2.13. The number of fused-ring (bicyclic) bond motifs is 1. The fraction of sp³-hybridized carbons (Fsp3) is 0.353. The second kappa shape index (κ2) is 6.29. The molecule has 3 rings (SSSR count). The van der Waals surface area contributed by atoms with E-state index in [1.165, 1.54) is 15.8 Å². The number of benzene rings is 1. The summed E-state index contributed by atoms with van der Waals surface area (Å²) in [5.74, 6) is 2.49. The predicted molar refractivity (Wildman–Crippen MR) is 95.3 cm³/mol. The number of aromatic nitrogens is 4. The predicted octanol–water partition coefficient (Wildman–Crippen LogP) is 3.22. The first kappa shape index (κ1) is 16.0. The molecule has 0 aliphatic heterocycles. The van der Waals surface area contributed by atoms with Gasteiger partial charge in [0, 0.05) is 10.3 Å². The largest absolute Gasteiger partial charge is 0.302 e. The number of thioether (sulfide) groups is 1. The minimum Gasteiger partial charge on any atom is -0.302 e. The molecule has 5 nitrogen and oxygen atoms in total. The third-order valence-electron chi connectivity index (χ3n) is 3.67. The maximum atomic E-state index is 4.82. The fourth-order valence-corrected chi connectivity index (χ4v) is 3.06. The number of hydrogen-bond donors (Lipinski definition) is 0. The summed E-state index contributed by atoms with van der Waals surface area (Å²) in [7, 11) is 4.05.